The Bertz CT molecular complexity index is 1260. The largest absolute Gasteiger partial charge is 0.369 e. The zero-order valence-electron chi connectivity index (χ0n) is 19.3. The number of fused-ring (bicyclic) bond motifs is 1. The minimum absolute atomic E-state index is 0.145. The maximum absolute atomic E-state index is 12.6. The van der Waals surface area contributed by atoms with Crippen LogP contribution in [-0.4, -0.2) is 59.6 Å². The van der Waals surface area contributed by atoms with Crippen molar-refractivity contribution in [3.05, 3.63) is 81.9 Å². The smallest absolute Gasteiger partial charge is 0.262 e. The predicted molar refractivity (Wildman–Crippen MR) is 140 cm³/mol. The number of unbranched alkanes of at least 4 members (excludes halogenated alkanes) is 1. The van der Waals surface area contributed by atoms with Gasteiger partial charge >= 0.3 is 0 Å². The van der Waals surface area contributed by atoms with E-state index in [0.29, 0.717) is 34.3 Å². The standard InChI is InChI=1S/C26H31N5O2S/c1-2-13-31-25(33)22-11-10-20(19-23(22)28-26(31)34)24(32)27-12-6-7-14-29-15-17-30(18-16-29)21-8-4-3-5-9-21/h2-5,8-11,19H,1,6-7,12-18H2,(H,27,32)(H,28,34). The van der Waals surface area contributed by atoms with Crippen LogP contribution in [0.2, 0.25) is 0 Å². The van der Waals surface area contributed by atoms with E-state index >= 15 is 0 Å². The first-order valence-corrected chi connectivity index (χ1v) is 12.2. The number of para-hydroxylation sites is 1. The Morgan fingerprint density at radius 2 is 1.85 bits per heavy atom. The van der Waals surface area contributed by atoms with E-state index in [2.05, 4.69) is 57.0 Å². The fraction of sp³-hybridized carbons (Fsp3) is 0.346. The van der Waals surface area contributed by atoms with E-state index < -0.39 is 0 Å². The summed E-state index contributed by atoms with van der Waals surface area (Å²) in [5.41, 5.74) is 2.19. The fourth-order valence-corrected chi connectivity index (χ4v) is 4.59. The van der Waals surface area contributed by atoms with Gasteiger partial charge in [-0.3, -0.25) is 19.1 Å². The van der Waals surface area contributed by atoms with Crippen LogP contribution in [0, 0.1) is 4.77 Å². The summed E-state index contributed by atoms with van der Waals surface area (Å²) in [5.74, 6) is -0.145. The molecule has 0 bridgehead atoms. The fourth-order valence-electron chi connectivity index (χ4n) is 4.32. The van der Waals surface area contributed by atoms with Gasteiger partial charge in [-0.2, -0.15) is 0 Å². The molecular formula is C26H31N5O2S. The molecule has 0 radical (unpaired) electrons. The molecule has 1 amide bonds. The second-order valence-corrected chi connectivity index (χ2v) is 8.91. The van der Waals surface area contributed by atoms with Crippen molar-refractivity contribution in [3.63, 3.8) is 0 Å². The predicted octanol–water partition coefficient (Wildman–Crippen LogP) is 3.58. The molecule has 1 aromatic heterocycles. The van der Waals surface area contributed by atoms with Crippen LogP contribution < -0.4 is 15.8 Å². The summed E-state index contributed by atoms with van der Waals surface area (Å²) in [7, 11) is 0. The van der Waals surface area contributed by atoms with Gasteiger partial charge in [-0.15, -0.1) is 6.58 Å². The number of aromatic nitrogens is 2. The van der Waals surface area contributed by atoms with E-state index in [1.165, 1.54) is 10.3 Å². The van der Waals surface area contributed by atoms with Gasteiger partial charge < -0.3 is 15.2 Å². The Kier molecular flexibility index (Phi) is 7.92. The number of amides is 1. The van der Waals surface area contributed by atoms with Gasteiger partial charge in [0, 0.05) is 50.5 Å². The third-order valence-corrected chi connectivity index (χ3v) is 6.56. The van der Waals surface area contributed by atoms with Crippen molar-refractivity contribution in [3.8, 4) is 0 Å². The molecule has 0 saturated carbocycles. The quantitative estimate of drug-likeness (QED) is 0.280. The van der Waals surface area contributed by atoms with Crippen LogP contribution >= 0.6 is 12.2 Å². The van der Waals surface area contributed by atoms with Crippen LogP contribution in [0.5, 0.6) is 0 Å². The number of carbonyl (C=O) groups is 1. The van der Waals surface area contributed by atoms with Crippen molar-refractivity contribution in [2.24, 2.45) is 0 Å². The number of aromatic amines is 1. The molecule has 0 aliphatic carbocycles. The molecule has 4 rings (SSSR count). The summed E-state index contributed by atoms with van der Waals surface area (Å²) < 4.78 is 1.77. The lowest BCUT2D eigenvalue weighted by molar-refractivity contribution is 0.0952. The SMILES string of the molecule is C=CCn1c(=S)[nH]c2cc(C(=O)NCCCCN3CCN(c4ccccc4)CC3)ccc2c1=O. The highest BCUT2D eigenvalue weighted by atomic mass is 32.1. The lowest BCUT2D eigenvalue weighted by Crippen LogP contribution is -2.46. The Balaban J connectivity index is 1.22. The van der Waals surface area contributed by atoms with Crippen molar-refractivity contribution in [2.45, 2.75) is 19.4 Å². The molecule has 8 heteroatoms. The molecule has 7 nitrogen and oxygen atoms in total. The number of piperazine rings is 1. The first-order valence-electron chi connectivity index (χ1n) is 11.7. The molecule has 34 heavy (non-hydrogen) atoms. The summed E-state index contributed by atoms with van der Waals surface area (Å²) in [6.07, 6.45) is 3.59. The lowest BCUT2D eigenvalue weighted by atomic mass is 10.1. The molecule has 0 unspecified atom stereocenters. The highest BCUT2D eigenvalue weighted by molar-refractivity contribution is 7.71. The Morgan fingerprint density at radius 1 is 1.09 bits per heavy atom. The molecule has 2 N–H and O–H groups in total. The van der Waals surface area contributed by atoms with Crippen molar-refractivity contribution in [1.82, 2.24) is 19.8 Å². The number of rotatable bonds is 9. The van der Waals surface area contributed by atoms with Gasteiger partial charge in [0.15, 0.2) is 4.77 Å². The number of nitrogens with one attached hydrogen (secondary N) is 2. The van der Waals surface area contributed by atoms with E-state index in [4.69, 9.17) is 12.2 Å². The van der Waals surface area contributed by atoms with E-state index in [1.54, 1.807) is 24.3 Å². The van der Waals surface area contributed by atoms with Gasteiger partial charge in [-0.25, -0.2) is 0 Å². The monoisotopic (exact) mass is 477 g/mol. The normalized spacial score (nSPS) is 14.3. The third kappa shape index (κ3) is 5.63. The molecular weight excluding hydrogens is 446 g/mol. The second kappa shape index (κ2) is 11.3. The first kappa shape index (κ1) is 23.9. The number of H-pyrrole nitrogens is 1. The molecule has 0 spiro atoms. The van der Waals surface area contributed by atoms with Gasteiger partial charge in [-0.1, -0.05) is 24.3 Å². The van der Waals surface area contributed by atoms with Crippen LogP contribution in [0.25, 0.3) is 10.9 Å². The molecule has 0 atom stereocenters. The van der Waals surface area contributed by atoms with E-state index in [9.17, 15) is 9.59 Å². The topological polar surface area (TPSA) is 73.4 Å². The number of carbonyl (C=O) groups excluding carboxylic acids is 1. The molecule has 3 aromatic rings. The molecule has 1 saturated heterocycles. The van der Waals surface area contributed by atoms with E-state index in [0.717, 1.165) is 45.6 Å². The van der Waals surface area contributed by atoms with Gasteiger partial charge in [-0.05, 0) is 61.9 Å². The number of hydrogen-bond acceptors (Lipinski definition) is 5. The first-order chi connectivity index (χ1) is 16.6. The van der Waals surface area contributed by atoms with E-state index in [-0.39, 0.29) is 11.5 Å². The highest BCUT2D eigenvalue weighted by Gasteiger charge is 2.16. The Hall–Kier alpha value is -3.23. The number of benzene rings is 2. The van der Waals surface area contributed by atoms with Crippen LogP contribution in [0.15, 0.2) is 66.0 Å². The van der Waals surface area contributed by atoms with Crippen molar-refractivity contribution >= 4 is 34.7 Å². The molecule has 178 valence electrons. The Morgan fingerprint density at radius 3 is 2.59 bits per heavy atom. The minimum Gasteiger partial charge on any atom is -0.369 e. The van der Waals surface area contributed by atoms with Gasteiger partial charge in [0.05, 0.1) is 10.9 Å². The van der Waals surface area contributed by atoms with Gasteiger partial charge in [0.2, 0.25) is 0 Å². The second-order valence-electron chi connectivity index (χ2n) is 8.52. The number of hydrogen-bond donors (Lipinski definition) is 2. The zero-order chi connectivity index (χ0) is 23.9. The summed E-state index contributed by atoms with van der Waals surface area (Å²) >= 11 is 5.28. The highest BCUT2D eigenvalue weighted by Crippen LogP contribution is 2.16. The zero-order valence-corrected chi connectivity index (χ0v) is 20.2. The summed E-state index contributed by atoms with van der Waals surface area (Å²) in [6.45, 7) is 9.89. The summed E-state index contributed by atoms with van der Waals surface area (Å²) in [6, 6.07) is 15.6. The average Bonchev–Trinajstić information content (AvgIpc) is 2.87. The minimum atomic E-state index is -0.185. The van der Waals surface area contributed by atoms with E-state index in [1.807, 2.05) is 0 Å². The van der Waals surface area contributed by atoms with Crippen LogP contribution in [0.1, 0.15) is 23.2 Å². The Labute approximate surface area is 204 Å². The molecule has 1 fully saturated rings. The van der Waals surface area contributed by atoms with Gasteiger partial charge in [0.1, 0.15) is 0 Å². The average molecular weight is 478 g/mol. The molecule has 1 aliphatic heterocycles. The van der Waals surface area contributed by atoms with Crippen molar-refractivity contribution < 1.29 is 4.79 Å². The maximum atomic E-state index is 12.6. The number of allylic oxidation sites excluding steroid dienone is 1. The van der Waals surface area contributed by atoms with Crippen molar-refractivity contribution in [2.75, 3.05) is 44.2 Å². The number of anilines is 1. The molecule has 2 heterocycles. The maximum Gasteiger partial charge on any atom is 0.262 e. The molecule has 2 aromatic carbocycles. The summed E-state index contributed by atoms with van der Waals surface area (Å²) in [4.78, 5) is 33.2. The molecule has 1 aliphatic rings. The summed E-state index contributed by atoms with van der Waals surface area (Å²) in [5, 5.41) is 3.49. The van der Waals surface area contributed by atoms with Crippen LogP contribution in [-0.2, 0) is 6.54 Å². The lowest BCUT2D eigenvalue weighted by Gasteiger charge is -2.36. The van der Waals surface area contributed by atoms with Crippen LogP contribution in [0.4, 0.5) is 5.69 Å². The van der Waals surface area contributed by atoms with Gasteiger partial charge in [0.25, 0.3) is 11.5 Å². The van der Waals surface area contributed by atoms with Crippen LogP contribution in [0.3, 0.4) is 0 Å². The number of nitrogens with zero attached hydrogens (tertiary/aromatic N) is 3. The van der Waals surface area contributed by atoms with Crippen molar-refractivity contribution in [1.29, 1.82) is 0 Å². The third-order valence-electron chi connectivity index (χ3n) is 6.24.